The molecule has 0 radical (unpaired) electrons. The summed E-state index contributed by atoms with van der Waals surface area (Å²) in [6.45, 7) is 12.6. The molecular formula is C23H43NSi. The molecular weight excluding hydrogens is 318 g/mol. The fourth-order valence-electron chi connectivity index (χ4n) is 5.35. The van der Waals surface area contributed by atoms with Crippen molar-refractivity contribution in [2.24, 2.45) is 16.7 Å². The van der Waals surface area contributed by atoms with Crippen molar-refractivity contribution in [1.29, 1.82) is 0 Å². The molecule has 1 saturated carbocycles. The van der Waals surface area contributed by atoms with Gasteiger partial charge in [-0.15, -0.1) is 0 Å². The number of nitrogens with two attached hydrogens (primary N) is 1. The van der Waals surface area contributed by atoms with E-state index in [1.165, 1.54) is 63.8 Å². The minimum absolute atomic E-state index is 0.294. The van der Waals surface area contributed by atoms with Crippen molar-refractivity contribution >= 4 is 8.24 Å². The van der Waals surface area contributed by atoms with E-state index in [0.29, 0.717) is 10.5 Å². The number of hydrogen-bond acceptors (Lipinski definition) is 1. The Labute approximate surface area is 158 Å². The van der Waals surface area contributed by atoms with Crippen LogP contribution in [0.25, 0.3) is 0 Å². The summed E-state index contributed by atoms with van der Waals surface area (Å²) in [4.78, 5) is 0. The van der Waals surface area contributed by atoms with Crippen LogP contribution in [0.4, 0.5) is 0 Å². The van der Waals surface area contributed by atoms with Crippen LogP contribution in [0.3, 0.4) is 0 Å². The van der Waals surface area contributed by atoms with E-state index in [0.717, 1.165) is 12.3 Å². The quantitative estimate of drug-likeness (QED) is 0.522. The number of hydrogen-bond donors (Lipinski definition) is 1. The second kappa shape index (κ2) is 8.56. The number of rotatable bonds is 3. The molecule has 0 spiro atoms. The molecule has 3 unspecified atom stereocenters. The van der Waals surface area contributed by atoms with E-state index < -0.39 is 8.24 Å². The van der Waals surface area contributed by atoms with Gasteiger partial charge in [-0.1, -0.05) is 109 Å². The molecule has 0 saturated heterocycles. The maximum atomic E-state index is 7.29. The first-order valence-corrected chi connectivity index (χ1v) is 13.6. The fourth-order valence-corrected chi connectivity index (χ4v) is 9.41. The monoisotopic (exact) mass is 361 g/mol. The van der Waals surface area contributed by atoms with Crippen molar-refractivity contribution in [2.75, 3.05) is 0 Å². The molecule has 2 N–H and O–H groups in total. The lowest BCUT2D eigenvalue weighted by Crippen LogP contribution is -2.60. The van der Waals surface area contributed by atoms with E-state index in [9.17, 15) is 0 Å². The first-order valence-electron chi connectivity index (χ1n) is 10.8. The average molecular weight is 362 g/mol. The van der Waals surface area contributed by atoms with Crippen molar-refractivity contribution in [3.63, 3.8) is 0 Å². The van der Waals surface area contributed by atoms with Crippen molar-refractivity contribution in [3.8, 4) is 0 Å². The van der Waals surface area contributed by atoms with Crippen molar-refractivity contribution in [2.45, 2.75) is 110 Å². The van der Waals surface area contributed by atoms with E-state index in [4.69, 9.17) is 5.40 Å². The van der Waals surface area contributed by atoms with Crippen molar-refractivity contribution in [3.05, 3.63) is 23.8 Å². The summed E-state index contributed by atoms with van der Waals surface area (Å²) in [6, 6.07) is 1.17. The van der Waals surface area contributed by atoms with Gasteiger partial charge < -0.3 is 5.40 Å². The first-order chi connectivity index (χ1) is 11.7. The van der Waals surface area contributed by atoms with Crippen LogP contribution >= 0.6 is 0 Å². The van der Waals surface area contributed by atoms with Crippen LogP contribution in [-0.4, -0.2) is 8.24 Å². The smallest absolute Gasteiger partial charge is 0.130 e. The Kier molecular flexibility index (Phi) is 7.18. The zero-order valence-corrected chi connectivity index (χ0v) is 18.7. The molecule has 25 heavy (non-hydrogen) atoms. The van der Waals surface area contributed by atoms with E-state index >= 15 is 0 Å². The molecule has 2 aliphatic carbocycles. The summed E-state index contributed by atoms with van der Waals surface area (Å²) in [5, 5.41) is 7.59. The van der Waals surface area contributed by atoms with Crippen LogP contribution in [0.1, 0.15) is 91.9 Å². The Morgan fingerprint density at radius 2 is 1.64 bits per heavy atom. The van der Waals surface area contributed by atoms with Crippen molar-refractivity contribution < 1.29 is 0 Å². The van der Waals surface area contributed by atoms with Gasteiger partial charge in [0.1, 0.15) is 8.24 Å². The molecule has 0 aliphatic heterocycles. The molecule has 3 atom stereocenters. The van der Waals surface area contributed by atoms with Gasteiger partial charge in [0.2, 0.25) is 0 Å². The normalized spacial score (nSPS) is 33.8. The van der Waals surface area contributed by atoms with Crippen LogP contribution in [0, 0.1) is 11.3 Å². The Morgan fingerprint density at radius 1 is 1.04 bits per heavy atom. The third kappa shape index (κ3) is 4.69. The third-order valence-corrected chi connectivity index (χ3v) is 12.8. The lowest BCUT2D eigenvalue weighted by molar-refractivity contribution is 0.123. The molecule has 2 aliphatic rings. The summed E-state index contributed by atoms with van der Waals surface area (Å²) in [6.07, 6.45) is 20.5. The molecule has 144 valence electrons. The van der Waals surface area contributed by atoms with Gasteiger partial charge in [-0.3, -0.25) is 0 Å². The molecule has 0 aromatic heterocycles. The summed E-state index contributed by atoms with van der Waals surface area (Å²) in [5.41, 5.74) is 1.89. The Balaban J connectivity index is 2.26. The molecule has 0 amide bonds. The van der Waals surface area contributed by atoms with Gasteiger partial charge in [0.15, 0.2) is 0 Å². The van der Waals surface area contributed by atoms with Gasteiger partial charge >= 0.3 is 0 Å². The maximum Gasteiger partial charge on any atom is 0.130 e. The molecule has 0 bridgehead atoms. The lowest BCUT2D eigenvalue weighted by atomic mass is 9.66. The number of allylic oxidation sites excluding steroid dienone is 4. The predicted octanol–water partition coefficient (Wildman–Crippen LogP) is 7.35. The zero-order chi connectivity index (χ0) is 18.6. The summed E-state index contributed by atoms with van der Waals surface area (Å²) in [5.74, 6) is 0.753. The predicted molar refractivity (Wildman–Crippen MR) is 115 cm³/mol. The topological polar surface area (TPSA) is 26.0 Å². The Morgan fingerprint density at radius 3 is 2.24 bits per heavy atom. The highest BCUT2D eigenvalue weighted by Crippen LogP contribution is 2.60. The van der Waals surface area contributed by atoms with E-state index in [1.54, 1.807) is 5.57 Å². The highest BCUT2D eigenvalue weighted by molar-refractivity contribution is 6.79. The molecule has 2 heteroatoms. The molecule has 0 heterocycles. The van der Waals surface area contributed by atoms with Gasteiger partial charge in [-0.25, -0.2) is 0 Å². The largest absolute Gasteiger partial charge is 0.350 e. The molecule has 0 aromatic rings. The van der Waals surface area contributed by atoms with Crippen LogP contribution in [0.2, 0.25) is 17.6 Å². The van der Waals surface area contributed by atoms with Crippen molar-refractivity contribution in [1.82, 2.24) is 0 Å². The molecule has 0 aromatic carbocycles. The van der Waals surface area contributed by atoms with E-state index in [2.05, 4.69) is 52.5 Å². The second-order valence-corrected chi connectivity index (χ2v) is 14.3. The van der Waals surface area contributed by atoms with Crippen LogP contribution in [0.5, 0.6) is 0 Å². The van der Waals surface area contributed by atoms with Gasteiger partial charge in [-0.2, -0.15) is 0 Å². The van der Waals surface area contributed by atoms with E-state index in [1.807, 2.05) is 0 Å². The minimum Gasteiger partial charge on any atom is -0.350 e. The maximum absolute atomic E-state index is 7.29. The average Bonchev–Trinajstić information content (AvgIpc) is 3.03. The van der Waals surface area contributed by atoms with Crippen LogP contribution < -0.4 is 5.40 Å². The Bertz CT molecular complexity index is 488. The molecule has 1 nitrogen and oxygen atoms in total. The standard InChI is InChI=1S/C23H43NSi/c1-20-15-11-9-7-6-8-10-14-18-23(4,22(20,2)3)25(5,24)19-21-16-12-13-17-21/h12-13,16,20H,6-11,14-15,17-19,24H2,1-5H3. The lowest BCUT2D eigenvalue weighted by Gasteiger charge is -2.56. The summed E-state index contributed by atoms with van der Waals surface area (Å²) < 4.78 is 0. The van der Waals surface area contributed by atoms with Crippen LogP contribution in [-0.2, 0) is 0 Å². The van der Waals surface area contributed by atoms with Gasteiger partial charge in [-0.05, 0) is 35.3 Å². The van der Waals surface area contributed by atoms with E-state index in [-0.39, 0.29) is 0 Å². The summed E-state index contributed by atoms with van der Waals surface area (Å²) in [7, 11) is -1.90. The Hall–Kier alpha value is -0.343. The third-order valence-electron chi connectivity index (χ3n) is 8.17. The minimum atomic E-state index is -1.90. The fraction of sp³-hybridized carbons (Fsp3) is 0.826. The van der Waals surface area contributed by atoms with Gasteiger partial charge in [0.25, 0.3) is 0 Å². The van der Waals surface area contributed by atoms with Gasteiger partial charge in [0.05, 0.1) is 0 Å². The molecule has 1 fully saturated rings. The summed E-state index contributed by atoms with van der Waals surface area (Å²) >= 11 is 0. The SMILES string of the molecule is CC1CCCCCCCCCC(C)([Si](C)(N)CC2=CC=CC2)C1(C)C. The van der Waals surface area contributed by atoms with Crippen LogP contribution in [0.15, 0.2) is 23.8 Å². The highest BCUT2D eigenvalue weighted by atomic mass is 28.3. The first kappa shape index (κ1) is 21.0. The van der Waals surface area contributed by atoms with Gasteiger partial charge in [0, 0.05) is 0 Å². The zero-order valence-electron chi connectivity index (χ0n) is 17.7. The second-order valence-electron chi connectivity index (χ2n) is 10.0. The highest BCUT2D eigenvalue weighted by Gasteiger charge is 2.54. The molecule has 2 rings (SSSR count).